The van der Waals surface area contributed by atoms with Crippen LogP contribution in [-0.4, -0.2) is 26.9 Å². The Morgan fingerprint density at radius 3 is 2.38 bits per heavy atom. The highest BCUT2D eigenvalue weighted by Crippen LogP contribution is 2.15. The number of hydrogen-bond acceptors (Lipinski definition) is 4. The molecule has 84 valence electrons. The van der Waals surface area contributed by atoms with Crippen LogP contribution in [0.1, 0.15) is 25.3 Å². The van der Waals surface area contributed by atoms with Gasteiger partial charge in [-0.15, -0.1) is 0 Å². The van der Waals surface area contributed by atoms with Gasteiger partial charge in [0, 0.05) is 6.20 Å². The largest absolute Gasteiger partial charge is 0.467 e. The lowest BCUT2D eigenvalue weighted by molar-refractivity contribution is 0.379. The summed E-state index contributed by atoms with van der Waals surface area (Å²) in [6.07, 6.45) is 7.20. The van der Waals surface area contributed by atoms with E-state index < -0.39 is 0 Å². The van der Waals surface area contributed by atoms with E-state index in [0.717, 1.165) is 5.69 Å². The van der Waals surface area contributed by atoms with Crippen molar-refractivity contribution in [1.82, 2.24) is 19.7 Å². The summed E-state index contributed by atoms with van der Waals surface area (Å²) in [7, 11) is 1.54. The highest BCUT2D eigenvalue weighted by atomic mass is 16.5. The molecule has 0 unspecified atom stereocenters. The molecule has 0 bridgehead atoms. The van der Waals surface area contributed by atoms with Crippen LogP contribution in [0.5, 0.6) is 6.01 Å². The topological polar surface area (TPSA) is 52.8 Å². The van der Waals surface area contributed by atoms with Crippen molar-refractivity contribution in [3.05, 3.63) is 30.4 Å². The van der Waals surface area contributed by atoms with E-state index in [1.165, 1.54) is 5.56 Å². The van der Waals surface area contributed by atoms with E-state index in [1.54, 1.807) is 24.2 Å². The van der Waals surface area contributed by atoms with Crippen LogP contribution in [0.25, 0.3) is 5.69 Å². The van der Waals surface area contributed by atoms with Gasteiger partial charge >= 0.3 is 6.01 Å². The van der Waals surface area contributed by atoms with Crippen molar-refractivity contribution in [2.75, 3.05) is 7.11 Å². The third-order valence-electron chi connectivity index (χ3n) is 2.33. The zero-order valence-corrected chi connectivity index (χ0v) is 9.58. The molecule has 2 rings (SSSR count). The van der Waals surface area contributed by atoms with Crippen LogP contribution in [0.15, 0.2) is 24.8 Å². The van der Waals surface area contributed by atoms with Crippen LogP contribution in [0.3, 0.4) is 0 Å². The van der Waals surface area contributed by atoms with Gasteiger partial charge in [-0.3, -0.25) is 0 Å². The Morgan fingerprint density at radius 1 is 1.19 bits per heavy atom. The van der Waals surface area contributed by atoms with Gasteiger partial charge in [-0.2, -0.15) is 5.10 Å². The number of rotatable bonds is 3. The van der Waals surface area contributed by atoms with Gasteiger partial charge in [-0.1, -0.05) is 13.8 Å². The molecule has 0 atom stereocenters. The number of nitrogens with zero attached hydrogens (tertiary/aromatic N) is 4. The van der Waals surface area contributed by atoms with Crippen LogP contribution in [-0.2, 0) is 0 Å². The van der Waals surface area contributed by atoms with E-state index in [-0.39, 0.29) is 0 Å². The summed E-state index contributed by atoms with van der Waals surface area (Å²) in [5.41, 5.74) is 2.02. The van der Waals surface area contributed by atoms with Crippen molar-refractivity contribution in [3.63, 3.8) is 0 Å². The first-order chi connectivity index (χ1) is 7.70. The molecule has 0 amide bonds. The lowest BCUT2D eigenvalue weighted by atomic mass is 10.1. The predicted molar refractivity (Wildman–Crippen MR) is 59.8 cm³/mol. The molecule has 0 fully saturated rings. The van der Waals surface area contributed by atoms with Gasteiger partial charge in [0.15, 0.2) is 0 Å². The summed E-state index contributed by atoms with van der Waals surface area (Å²) in [6.45, 7) is 4.26. The van der Waals surface area contributed by atoms with Crippen molar-refractivity contribution >= 4 is 0 Å². The minimum Gasteiger partial charge on any atom is -0.467 e. The first-order valence-corrected chi connectivity index (χ1v) is 5.11. The second-order valence-corrected chi connectivity index (χ2v) is 3.80. The number of ether oxygens (including phenoxy) is 1. The molecule has 16 heavy (non-hydrogen) atoms. The molecule has 0 aromatic carbocycles. The minimum absolute atomic E-state index is 0.361. The molecule has 0 saturated heterocycles. The fourth-order valence-electron chi connectivity index (χ4n) is 1.31. The monoisotopic (exact) mass is 218 g/mol. The van der Waals surface area contributed by atoms with Gasteiger partial charge in [0.25, 0.3) is 0 Å². The SMILES string of the molecule is COc1ncc(-n2cc(C(C)C)cn2)cn1. The van der Waals surface area contributed by atoms with E-state index in [9.17, 15) is 0 Å². The molecule has 2 aromatic rings. The molecule has 5 nitrogen and oxygen atoms in total. The maximum Gasteiger partial charge on any atom is 0.316 e. The molecule has 0 aliphatic rings. The second-order valence-electron chi connectivity index (χ2n) is 3.80. The molecule has 2 aromatic heterocycles. The highest BCUT2D eigenvalue weighted by molar-refractivity contribution is 5.26. The average Bonchev–Trinajstić information content (AvgIpc) is 2.78. The molecule has 0 N–H and O–H groups in total. The second kappa shape index (κ2) is 4.30. The van der Waals surface area contributed by atoms with Crippen molar-refractivity contribution in [1.29, 1.82) is 0 Å². The first kappa shape index (κ1) is 10.6. The summed E-state index contributed by atoms with van der Waals surface area (Å²) in [5.74, 6) is 0.466. The summed E-state index contributed by atoms with van der Waals surface area (Å²) < 4.78 is 6.66. The quantitative estimate of drug-likeness (QED) is 0.788. The van der Waals surface area contributed by atoms with Crippen molar-refractivity contribution in [2.24, 2.45) is 0 Å². The molecule has 0 aliphatic carbocycles. The Balaban J connectivity index is 2.28. The summed E-state index contributed by atoms with van der Waals surface area (Å²) in [5, 5.41) is 4.26. The Bertz CT molecular complexity index is 461. The summed E-state index contributed by atoms with van der Waals surface area (Å²) in [6, 6.07) is 0.361. The van der Waals surface area contributed by atoms with Gasteiger partial charge < -0.3 is 4.74 Å². The van der Waals surface area contributed by atoms with Crippen molar-refractivity contribution < 1.29 is 4.74 Å². The van der Waals surface area contributed by atoms with Gasteiger partial charge in [0.1, 0.15) is 5.69 Å². The number of aromatic nitrogens is 4. The first-order valence-electron chi connectivity index (χ1n) is 5.11. The maximum absolute atomic E-state index is 4.90. The van der Waals surface area contributed by atoms with Gasteiger partial charge in [0.2, 0.25) is 0 Å². The van der Waals surface area contributed by atoms with E-state index in [1.807, 2.05) is 12.4 Å². The van der Waals surface area contributed by atoms with E-state index in [2.05, 4.69) is 28.9 Å². The normalized spacial score (nSPS) is 10.8. The Labute approximate surface area is 94.1 Å². The standard InChI is InChI=1S/C11H14N4O/c1-8(2)9-4-14-15(7-9)10-5-12-11(16-3)13-6-10/h4-8H,1-3H3. The lowest BCUT2D eigenvalue weighted by Gasteiger charge is -2.01. The summed E-state index contributed by atoms with van der Waals surface area (Å²) in [4.78, 5) is 8.07. The average molecular weight is 218 g/mol. The van der Waals surface area contributed by atoms with Crippen LogP contribution >= 0.6 is 0 Å². The smallest absolute Gasteiger partial charge is 0.316 e. The Morgan fingerprint density at radius 2 is 1.88 bits per heavy atom. The number of methoxy groups -OCH3 is 1. The molecule has 0 aliphatic heterocycles. The van der Waals surface area contributed by atoms with Crippen LogP contribution in [0, 0.1) is 0 Å². The van der Waals surface area contributed by atoms with E-state index in [4.69, 9.17) is 4.74 Å². The molecular weight excluding hydrogens is 204 g/mol. The fourth-order valence-corrected chi connectivity index (χ4v) is 1.31. The van der Waals surface area contributed by atoms with Crippen molar-refractivity contribution in [3.8, 4) is 11.7 Å². The predicted octanol–water partition coefficient (Wildman–Crippen LogP) is 1.79. The molecule has 2 heterocycles. The van der Waals surface area contributed by atoms with Gasteiger partial charge in [-0.25, -0.2) is 14.6 Å². The zero-order valence-electron chi connectivity index (χ0n) is 9.58. The van der Waals surface area contributed by atoms with E-state index >= 15 is 0 Å². The minimum atomic E-state index is 0.361. The third kappa shape index (κ3) is 2.03. The van der Waals surface area contributed by atoms with Crippen LogP contribution < -0.4 is 4.74 Å². The van der Waals surface area contributed by atoms with Crippen LogP contribution in [0.2, 0.25) is 0 Å². The lowest BCUT2D eigenvalue weighted by Crippen LogP contribution is -1.98. The fraction of sp³-hybridized carbons (Fsp3) is 0.364. The van der Waals surface area contributed by atoms with Gasteiger partial charge in [0.05, 0.1) is 25.7 Å². The van der Waals surface area contributed by atoms with Crippen molar-refractivity contribution in [2.45, 2.75) is 19.8 Å². The highest BCUT2D eigenvalue weighted by Gasteiger charge is 2.05. The zero-order chi connectivity index (χ0) is 11.5. The Kier molecular flexibility index (Phi) is 2.85. The maximum atomic E-state index is 4.90. The molecule has 5 heteroatoms. The third-order valence-corrected chi connectivity index (χ3v) is 2.33. The molecule has 0 spiro atoms. The molecule has 0 radical (unpaired) electrons. The van der Waals surface area contributed by atoms with Gasteiger partial charge in [-0.05, 0) is 11.5 Å². The molecular formula is C11H14N4O. The van der Waals surface area contributed by atoms with Crippen LogP contribution in [0.4, 0.5) is 0 Å². The summed E-state index contributed by atoms with van der Waals surface area (Å²) >= 11 is 0. The Hall–Kier alpha value is -1.91. The molecule has 0 saturated carbocycles. The number of hydrogen-bond donors (Lipinski definition) is 0. The van der Waals surface area contributed by atoms with E-state index in [0.29, 0.717) is 11.9 Å².